The normalized spacial score (nSPS) is 13.0. The molecule has 0 fully saturated rings. The molecule has 2 aromatic rings. The maximum Gasteiger partial charge on any atom is 0.401 e. The zero-order valence-corrected chi connectivity index (χ0v) is 13.2. The van der Waals surface area contributed by atoms with Gasteiger partial charge in [0.1, 0.15) is 11.7 Å². The predicted molar refractivity (Wildman–Crippen MR) is 84.2 cm³/mol. The number of aryl methyl sites for hydroxylation is 1. The van der Waals surface area contributed by atoms with Gasteiger partial charge in [-0.3, -0.25) is 14.9 Å². The Labute approximate surface area is 140 Å². The summed E-state index contributed by atoms with van der Waals surface area (Å²) in [6.45, 7) is 0. The minimum Gasteiger partial charge on any atom is -0.481 e. The second kappa shape index (κ2) is 7.16. The van der Waals surface area contributed by atoms with Crippen molar-refractivity contribution in [3.05, 3.63) is 30.0 Å². The molecule has 0 saturated carbocycles. The number of furan rings is 1. The predicted octanol–water partition coefficient (Wildman–Crippen LogP) is 3.50. The molecule has 0 aliphatic rings. The number of benzene rings is 1. The topological polar surface area (TPSA) is 79.5 Å². The summed E-state index contributed by atoms with van der Waals surface area (Å²) < 4.78 is 43.8. The highest BCUT2D eigenvalue weighted by atomic mass is 32.1. The molecule has 1 unspecified atom stereocenters. The molecule has 1 aromatic heterocycles. The Morgan fingerprint density at radius 1 is 1.25 bits per heavy atom. The molecular weight excluding hydrogens is 347 g/mol. The smallest absolute Gasteiger partial charge is 0.401 e. The van der Waals surface area contributed by atoms with Gasteiger partial charge in [-0.15, -0.1) is 0 Å². The van der Waals surface area contributed by atoms with Gasteiger partial charge < -0.3 is 9.52 Å². The van der Waals surface area contributed by atoms with Crippen LogP contribution < -0.4 is 5.32 Å². The summed E-state index contributed by atoms with van der Waals surface area (Å²) in [5, 5.41) is 11.8. The Bertz CT molecular complexity index is 757. The fourth-order valence-corrected chi connectivity index (χ4v) is 2.56. The first-order valence-corrected chi connectivity index (χ1v) is 7.58. The lowest BCUT2D eigenvalue weighted by Gasteiger charge is -2.16. The molecule has 1 aromatic carbocycles. The molecule has 1 atom stereocenters. The second-order valence-electron chi connectivity index (χ2n) is 5.06. The first kappa shape index (κ1) is 18.2. The lowest BCUT2D eigenvalue weighted by molar-refractivity contribution is -0.174. The summed E-state index contributed by atoms with van der Waals surface area (Å²) in [5.41, 5.74) is 0. The Morgan fingerprint density at radius 3 is 2.42 bits per heavy atom. The number of carbonyl (C=O) groups excluding carboxylic acids is 1. The molecule has 0 aliphatic carbocycles. The average molecular weight is 361 g/mol. The number of hydrogen-bond acceptors (Lipinski definition) is 4. The third-order valence-corrected chi connectivity index (χ3v) is 3.76. The summed E-state index contributed by atoms with van der Waals surface area (Å²) in [7, 11) is 0. The highest BCUT2D eigenvalue weighted by Crippen LogP contribution is 2.33. The Hall–Kier alpha value is -2.16. The summed E-state index contributed by atoms with van der Waals surface area (Å²) in [4.78, 5) is 22.6. The number of aliphatic carboxylic acids is 1. The van der Waals surface area contributed by atoms with E-state index < -0.39 is 29.7 Å². The van der Waals surface area contributed by atoms with Crippen LogP contribution in [0.4, 0.5) is 19.1 Å². The number of carbonyl (C=O) groups is 2. The number of nitrogens with one attached hydrogen (secondary N) is 1. The number of fused-ring (bicyclic) bond motifs is 1. The molecule has 1 heterocycles. The fourth-order valence-electron chi connectivity index (χ4n) is 2.19. The van der Waals surface area contributed by atoms with Crippen LogP contribution in [0.2, 0.25) is 0 Å². The molecule has 0 aliphatic heterocycles. The van der Waals surface area contributed by atoms with E-state index in [0.717, 1.165) is 0 Å². The van der Waals surface area contributed by atoms with E-state index in [0.29, 0.717) is 10.8 Å². The first-order valence-electron chi connectivity index (χ1n) is 6.94. The molecule has 5 nitrogen and oxygen atoms in total. The highest BCUT2D eigenvalue weighted by molar-refractivity contribution is 7.80. The van der Waals surface area contributed by atoms with Gasteiger partial charge in [-0.25, -0.2) is 0 Å². The van der Waals surface area contributed by atoms with Gasteiger partial charge in [-0.05, 0) is 6.07 Å². The third kappa shape index (κ3) is 4.02. The van der Waals surface area contributed by atoms with E-state index in [1.54, 1.807) is 24.3 Å². The van der Waals surface area contributed by atoms with Gasteiger partial charge in [-0.1, -0.05) is 18.2 Å². The van der Waals surface area contributed by atoms with Crippen LogP contribution in [0, 0.1) is 5.92 Å². The highest BCUT2D eigenvalue weighted by Gasteiger charge is 2.44. The van der Waals surface area contributed by atoms with Crippen LogP contribution in [0.25, 0.3) is 10.8 Å². The van der Waals surface area contributed by atoms with Crippen molar-refractivity contribution < 1.29 is 32.3 Å². The number of hydrogen-bond donors (Lipinski definition) is 3. The lowest BCUT2D eigenvalue weighted by atomic mass is 10.1. The molecular formula is C15H14F3NO4S. The standard InChI is InChI=1S/C15H14F3NO4S/c16-15(17,18)10(7-24)13(22)19-14-9-4-2-1-3-8(9)11(23-14)5-6-12(20)21/h1-4,10,24H,5-7H2,(H,19,22)(H,20,21). The van der Waals surface area contributed by atoms with Crippen molar-refractivity contribution in [2.24, 2.45) is 5.92 Å². The van der Waals surface area contributed by atoms with Crippen molar-refractivity contribution in [2.45, 2.75) is 19.0 Å². The number of rotatable bonds is 6. The number of alkyl halides is 3. The summed E-state index contributed by atoms with van der Waals surface area (Å²) in [6.07, 6.45) is -4.87. The lowest BCUT2D eigenvalue weighted by Crippen LogP contribution is -2.36. The third-order valence-electron chi connectivity index (χ3n) is 3.39. The molecule has 0 bridgehead atoms. The maximum atomic E-state index is 12.8. The van der Waals surface area contributed by atoms with Crippen molar-refractivity contribution >= 4 is 41.2 Å². The van der Waals surface area contributed by atoms with Crippen LogP contribution in [0.3, 0.4) is 0 Å². The average Bonchev–Trinajstić information content (AvgIpc) is 2.82. The van der Waals surface area contributed by atoms with Gasteiger partial charge >= 0.3 is 12.1 Å². The molecule has 1 amide bonds. The number of carboxylic acid groups (broad SMARTS) is 1. The van der Waals surface area contributed by atoms with Gasteiger partial charge in [0.15, 0.2) is 0 Å². The van der Waals surface area contributed by atoms with Crippen LogP contribution >= 0.6 is 12.6 Å². The molecule has 2 N–H and O–H groups in total. The number of anilines is 1. The van der Waals surface area contributed by atoms with Crippen molar-refractivity contribution in [3.63, 3.8) is 0 Å². The Kier molecular flexibility index (Phi) is 5.43. The SMILES string of the molecule is O=C(O)CCc1oc(NC(=O)C(CS)C(F)(F)F)c2ccccc12. The molecule has 0 radical (unpaired) electrons. The summed E-state index contributed by atoms with van der Waals surface area (Å²) >= 11 is 3.57. The monoisotopic (exact) mass is 361 g/mol. The minimum absolute atomic E-state index is 0.0565. The molecule has 2 rings (SSSR count). The first-order chi connectivity index (χ1) is 11.2. The number of amides is 1. The van der Waals surface area contributed by atoms with Crippen LogP contribution in [0.1, 0.15) is 12.2 Å². The van der Waals surface area contributed by atoms with E-state index in [1.807, 2.05) is 0 Å². The van der Waals surface area contributed by atoms with Gasteiger partial charge in [0.05, 0.1) is 6.42 Å². The van der Waals surface area contributed by atoms with Crippen LogP contribution in [-0.4, -0.2) is 28.9 Å². The van der Waals surface area contributed by atoms with Crippen molar-refractivity contribution in [1.29, 1.82) is 0 Å². The van der Waals surface area contributed by atoms with Crippen LogP contribution in [0.15, 0.2) is 28.7 Å². The van der Waals surface area contributed by atoms with Crippen LogP contribution in [-0.2, 0) is 16.0 Å². The summed E-state index contributed by atoms with van der Waals surface area (Å²) in [5.74, 6) is -5.12. The van der Waals surface area contributed by atoms with Gasteiger partial charge in [0.2, 0.25) is 11.8 Å². The largest absolute Gasteiger partial charge is 0.481 e. The van der Waals surface area contributed by atoms with Crippen molar-refractivity contribution in [3.8, 4) is 0 Å². The molecule has 24 heavy (non-hydrogen) atoms. The van der Waals surface area contributed by atoms with Crippen molar-refractivity contribution in [2.75, 3.05) is 11.1 Å². The van der Waals surface area contributed by atoms with E-state index in [1.165, 1.54) is 0 Å². The number of thiol groups is 1. The van der Waals surface area contributed by atoms with Crippen molar-refractivity contribution in [1.82, 2.24) is 0 Å². The zero-order valence-electron chi connectivity index (χ0n) is 12.3. The molecule has 9 heteroatoms. The summed E-state index contributed by atoms with van der Waals surface area (Å²) in [6, 6.07) is 6.53. The molecule has 0 spiro atoms. The van der Waals surface area contributed by atoms with Gasteiger partial charge in [0.25, 0.3) is 0 Å². The van der Waals surface area contributed by atoms with E-state index in [2.05, 4.69) is 17.9 Å². The van der Waals surface area contributed by atoms with E-state index in [-0.39, 0.29) is 24.5 Å². The fraction of sp³-hybridized carbons (Fsp3) is 0.333. The Balaban J connectivity index is 2.32. The van der Waals surface area contributed by atoms with E-state index in [4.69, 9.17) is 9.52 Å². The van der Waals surface area contributed by atoms with E-state index in [9.17, 15) is 22.8 Å². The quantitative estimate of drug-likeness (QED) is 0.688. The van der Waals surface area contributed by atoms with Gasteiger partial charge in [0, 0.05) is 22.9 Å². The number of carboxylic acids is 1. The van der Waals surface area contributed by atoms with E-state index >= 15 is 0 Å². The Morgan fingerprint density at radius 2 is 1.88 bits per heavy atom. The maximum absolute atomic E-state index is 12.8. The molecule has 130 valence electrons. The second-order valence-corrected chi connectivity index (χ2v) is 5.42. The number of halogens is 3. The van der Waals surface area contributed by atoms with Gasteiger partial charge in [-0.2, -0.15) is 25.8 Å². The van der Waals surface area contributed by atoms with Crippen LogP contribution in [0.5, 0.6) is 0 Å². The zero-order chi connectivity index (χ0) is 17.9. The minimum atomic E-state index is -4.72. The molecule has 0 saturated heterocycles.